The third-order valence-electron chi connectivity index (χ3n) is 6.20. The van der Waals surface area contributed by atoms with Gasteiger partial charge in [0.2, 0.25) is 15.3 Å². The predicted octanol–water partition coefficient (Wildman–Crippen LogP) is 2.28. The number of piperidine rings is 1. The normalized spacial score (nSPS) is 19.8. The zero-order valence-corrected chi connectivity index (χ0v) is 18.8. The van der Waals surface area contributed by atoms with E-state index in [-0.39, 0.29) is 34.4 Å². The fourth-order valence-corrected chi connectivity index (χ4v) is 5.34. The quantitative estimate of drug-likeness (QED) is 0.639. The number of nitrogens with one attached hydrogen (secondary N) is 1. The highest BCUT2D eigenvalue weighted by molar-refractivity contribution is 7.89. The Balaban J connectivity index is 1.53. The molecule has 11 heteroatoms. The first kappa shape index (κ1) is 21.5. The van der Waals surface area contributed by atoms with Crippen LogP contribution in [0.5, 0.6) is 0 Å². The van der Waals surface area contributed by atoms with E-state index in [1.54, 1.807) is 22.0 Å². The van der Waals surface area contributed by atoms with E-state index in [2.05, 4.69) is 20.3 Å². The minimum Gasteiger partial charge on any atom is -0.365 e. The monoisotopic (exact) mass is 454 g/mol. The number of halogens is 1. The van der Waals surface area contributed by atoms with Crippen LogP contribution in [0.4, 0.5) is 5.82 Å². The van der Waals surface area contributed by atoms with Gasteiger partial charge in [0.05, 0.1) is 11.9 Å². The molecule has 0 spiro atoms. The van der Waals surface area contributed by atoms with Crippen LogP contribution in [0.25, 0.3) is 11.2 Å². The van der Waals surface area contributed by atoms with E-state index in [0.29, 0.717) is 36.7 Å². The van der Waals surface area contributed by atoms with Crippen LogP contribution in [-0.4, -0.2) is 57.6 Å². The maximum atomic E-state index is 13.2. The van der Waals surface area contributed by atoms with Gasteiger partial charge in [0, 0.05) is 25.7 Å². The minimum absolute atomic E-state index is 0.0111. The zero-order chi connectivity index (χ0) is 21.5. The Morgan fingerprint density at radius 1 is 1.23 bits per heavy atom. The van der Waals surface area contributed by atoms with Gasteiger partial charge < -0.3 is 5.32 Å². The highest BCUT2D eigenvalue weighted by Crippen LogP contribution is 2.39. The highest BCUT2D eigenvalue weighted by atomic mass is 35.5. The summed E-state index contributed by atoms with van der Waals surface area (Å²) in [6.45, 7) is 5.30. The van der Waals surface area contributed by atoms with E-state index < -0.39 is 10.0 Å². The summed E-state index contributed by atoms with van der Waals surface area (Å²) in [5, 5.41) is 3.30. The average Bonchev–Trinajstić information content (AvgIpc) is 3.58. The van der Waals surface area contributed by atoms with Gasteiger partial charge in [-0.1, -0.05) is 0 Å². The smallest absolute Gasteiger partial charge is 0.295 e. The average molecular weight is 455 g/mol. The molecule has 4 rings (SSSR count). The van der Waals surface area contributed by atoms with E-state index in [1.807, 2.05) is 6.92 Å². The lowest BCUT2D eigenvalue weighted by Gasteiger charge is -2.31. The number of nitrogens with zero attached hydrogens (tertiary/aromatic N) is 5. The lowest BCUT2D eigenvalue weighted by atomic mass is 9.98. The number of aromatic nitrogens is 4. The van der Waals surface area contributed by atoms with Crippen LogP contribution >= 0.6 is 11.6 Å². The number of rotatable bonds is 7. The molecule has 2 aliphatic rings. The van der Waals surface area contributed by atoms with Crippen LogP contribution in [0, 0.1) is 11.8 Å². The molecule has 1 saturated carbocycles. The van der Waals surface area contributed by atoms with Gasteiger partial charge in [0.25, 0.3) is 5.56 Å². The van der Waals surface area contributed by atoms with Crippen molar-refractivity contribution in [3.05, 3.63) is 21.8 Å². The summed E-state index contributed by atoms with van der Waals surface area (Å²) in [7, 11) is -3.14. The molecular weight excluding hydrogens is 428 g/mol. The van der Waals surface area contributed by atoms with Crippen molar-refractivity contribution in [2.75, 3.05) is 30.7 Å². The Bertz CT molecular complexity index is 1090. The van der Waals surface area contributed by atoms with Crippen molar-refractivity contribution in [3.63, 3.8) is 0 Å². The Hall–Kier alpha value is -1.78. The molecule has 0 aromatic carbocycles. The standard InChI is InChI=1S/C19H27ClN6O3S/c1-3-30(28,29)25-8-6-13(7-9-25)10-21-16-18(27)26(12(2)14-4-5-14)17-15(23-16)11-22-19(20)24-17/h11-14H,3-10H2,1-2H3,(H,21,23)/t12-/m0/s1. The lowest BCUT2D eigenvalue weighted by molar-refractivity contribution is 0.282. The summed E-state index contributed by atoms with van der Waals surface area (Å²) in [5.74, 6) is 1.15. The lowest BCUT2D eigenvalue weighted by Crippen LogP contribution is -2.41. The van der Waals surface area contributed by atoms with Crippen molar-refractivity contribution in [3.8, 4) is 0 Å². The zero-order valence-electron chi connectivity index (χ0n) is 17.2. The van der Waals surface area contributed by atoms with Crippen LogP contribution in [0.2, 0.25) is 5.28 Å². The molecule has 1 saturated heterocycles. The van der Waals surface area contributed by atoms with Crippen molar-refractivity contribution in [2.45, 2.75) is 45.6 Å². The van der Waals surface area contributed by atoms with Gasteiger partial charge in [-0.3, -0.25) is 9.36 Å². The summed E-state index contributed by atoms with van der Waals surface area (Å²) >= 11 is 5.97. The summed E-state index contributed by atoms with van der Waals surface area (Å²) in [6, 6.07) is 0.0111. The van der Waals surface area contributed by atoms with Crippen LogP contribution < -0.4 is 10.9 Å². The topological polar surface area (TPSA) is 110 Å². The molecule has 2 aromatic rings. The Morgan fingerprint density at radius 3 is 2.57 bits per heavy atom. The Kier molecular flexibility index (Phi) is 6.00. The van der Waals surface area contributed by atoms with Crippen molar-refractivity contribution < 1.29 is 8.42 Å². The van der Waals surface area contributed by atoms with Crippen molar-refractivity contribution >= 4 is 38.6 Å². The second kappa shape index (κ2) is 8.39. The molecule has 9 nitrogen and oxygen atoms in total. The van der Waals surface area contributed by atoms with Crippen molar-refractivity contribution in [1.82, 2.24) is 23.8 Å². The fraction of sp³-hybridized carbons (Fsp3) is 0.684. The Morgan fingerprint density at radius 2 is 1.93 bits per heavy atom. The molecule has 1 atom stereocenters. The van der Waals surface area contributed by atoms with Crippen molar-refractivity contribution in [2.24, 2.45) is 11.8 Å². The first-order valence-electron chi connectivity index (χ1n) is 10.5. The van der Waals surface area contributed by atoms with Crippen LogP contribution in [-0.2, 0) is 10.0 Å². The van der Waals surface area contributed by atoms with E-state index in [0.717, 1.165) is 25.7 Å². The van der Waals surface area contributed by atoms with Gasteiger partial charge in [-0.15, -0.1) is 0 Å². The molecule has 0 radical (unpaired) electrons. The number of hydrogen-bond donors (Lipinski definition) is 1. The second-order valence-electron chi connectivity index (χ2n) is 8.19. The summed E-state index contributed by atoms with van der Waals surface area (Å²) in [6.07, 6.45) is 5.24. The molecule has 30 heavy (non-hydrogen) atoms. The van der Waals surface area contributed by atoms with E-state index in [9.17, 15) is 13.2 Å². The molecule has 0 amide bonds. The molecule has 0 bridgehead atoms. The van der Waals surface area contributed by atoms with E-state index >= 15 is 0 Å². The summed E-state index contributed by atoms with van der Waals surface area (Å²) in [5.41, 5.74) is 0.781. The molecule has 2 aromatic heterocycles. The highest BCUT2D eigenvalue weighted by Gasteiger charge is 2.32. The number of hydrogen-bond acceptors (Lipinski definition) is 7. The summed E-state index contributed by atoms with van der Waals surface area (Å²) in [4.78, 5) is 25.9. The largest absolute Gasteiger partial charge is 0.365 e. The van der Waals surface area contributed by atoms with Gasteiger partial charge in [0.15, 0.2) is 11.5 Å². The second-order valence-corrected chi connectivity index (χ2v) is 10.8. The third kappa shape index (κ3) is 4.31. The van der Waals surface area contributed by atoms with Gasteiger partial charge in [-0.25, -0.2) is 22.7 Å². The summed E-state index contributed by atoms with van der Waals surface area (Å²) < 4.78 is 27.3. The SMILES string of the molecule is CCS(=O)(=O)N1CCC(CNc2nc3cnc(Cl)nc3n([C@@H](C)C3CC3)c2=O)CC1. The first-order chi connectivity index (χ1) is 14.3. The maximum absolute atomic E-state index is 13.2. The molecule has 164 valence electrons. The van der Waals surface area contributed by atoms with E-state index in [4.69, 9.17) is 11.6 Å². The molecule has 1 aliphatic carbocycles. The molecule has 1 aliphatic heterocycles. The van der Waals surface area contributed by atoms with Crippen LogP contribution in [0.1, 0.15) is 45.6 Å². The van der Waals surface area contributed by atoms with Gasteiger partial charge in [-0.2, -0.15) is 4.98 Å². The molecular formula is C19H27ClN6O3S. The van der Waals surface area contributed by atoms with E-state index in [1.165, 1.54) is 0 Å². The number of fused-ring (bicyclic) bond motifs is 1. The van der Waals surface area contributed by atoms with Crippen molar-refractivity contribution in [1.29, 1.82) is 0 Å². The number of sulfonamides is 1. The predicted molar refractivity (Wildman–Crippen MR) is 116 cm³/mol. The van der Waals surface area contributed by atoms with Gasteiger partial charge in [0.1, 0.15) is 5.52 Å². The maximum Gasteiger partial charge on any atom is 0.295 e. The van der Waals surface area contributed by atoms with Crippen LogP contribution in [0.15, 0.2) is 11.0 Å². The molecule has 0 unspecified atom stereocenters. The fourth-order valence-electron chi connectivity index (χ4n) is 4.08. The van der Waals surface area contributed by atoms with Gasteiger partial charge in [-0.05, 0) is 63.0 Å². The Labute approximate surface area is 180 Å². The molecule has 2 fully saturated rings. The third-order valence-corrected chi connectivity index (χ3v) is 8.27. The van der Waals surface area contributed by atoms with Crippen LogP contribution in [0.3, 0.4) is 0 Å². The first-order valence-corrected chi connectivity index (χ1v) is 12.5. The molecule has 1 N–H and O–H groups in total. The number of anilines is 1. The molecule has 3 heterocycles. The minimum atomic E-state index is -3.14. The van der Waals surface area contributed by atoms with Gasteiger partial charge >= 0.3 is 0 Å².